The minimum atomic E-state index is -0.311. The lowest BCUT2D eigenvalue weighted by Crippen LogP contribution is -2.42. The van der Waals surface area contributed by atoms with Gasteiger partial charge in [0.15, 0.2) is 5.82 Å². The summed E-state index contributed by atoms with van der Waals surface area (Å²) in [6, 6.07) is 8.14. The molecule has 2 amide bonds. The van der Waals surface area contributed by atoms with E-state index in [0.717, 1.165) is 30.4 Å². The van der Waals surface area contributed by atoms with Crippen molar-refractivity contribution in [2.75, 3.05) is 31.1 Å². The van der Waals surface area contributed by atoms with Gasteiger partial charge < -0.3 is 5.32 Å². The molecule has 7 nitrogen and oxygen atoms in total. The van der Waals surface area contributed by atoms with E-state index in [9.17, 15) is 9.59 Å². The van der Waals surface area contributed by atoms with Crippen LogP contribution in [0.4, 0.5) is 5.82 Å². The van der Waals surface area contributed by atoms with E-state index in [1.54, 1.807) is 4.90 Å². The van der Waals surface area contributed by atoms with Gasteiger partial charge in [0.25, 0.3) is 0 Å². The Bertz CT molecular complexity index is 817. The molecule has 4 rings (SSSR count). The molecule has 2 aromatic rings. The molecule has 138 valence electrons. The first-order valence-electron chi connectivity index (χ1n) is 9.42. The highest BCUT2D eigenvalue weighted by Crippen LogP contribution is 2.29. The fraction of sp³-hybridized carbons (Fsp3) is 0.526. The normalized spacial score (nSPS) is 23.9. The Morgan fingerprint density at radius 1 is 1.38 bits per heavy atom. The first kappa shape index (κ1) is 17.0. The molecule has 0 spiro atoms. The van der Waals surface area contributed by atoms with Gasteiger partial charge >= 0.3 is 0 Å². The lowest BCUT2D eigenvalue weighted by molar-refractivity contribution is -0.126. The zero-order valence-corrected chi connectivity index (χ0v) is 15.1. The number of nitrogens with one attached hydrogen (secondary N) is 2. The minimum Gasteiger partial charge on any atom is -0.354 e. The Hall–Kier alpha value is -2.41. The average Bonchev–Trinajstić information content (AvgIpc) is 3.37. The van der Waals surface area contributed by atoms with Gasteiger partial charge in [0.05, 0.1) is 11.4 Å². The van der Waals surface area contributed by atoms with Crippen LogP contribution in [0.3, 0.4) is 0 Å². The van der Waals surface area contributed by atoms with Crippen molar-refractivity contribution in [3.63, 3.8) is 0 Å². The zero-order valence-electron chi connectivity index (χ0n) is 15.1. The highest BCUT2D eigenvalue weighted by Gasteiger charge is 2.37. The lowest BCUT2D eigenvalue weighted by Gasteiger charge is -2.23. The van der Waals surface area contributed by atoms with Crippen LogP contribution in [0.25, 0.3) is 10.9 Å². The molecule has 7 heteroatoms. The number of fused-ring (bicyclic) bond motifs is 1. The van der Waals surface area contributed by atoms with Gasteiger partial charge in [-0.25, -0.2) is 0 Å². The molecule has 2 aliphatic rings. The van der Waals surface area contributed by atoms with Crippen molar-refractivity contribution in [2.45, 2.75) is 32.2 Å². The van der Waals surface area contributed by atoms with Gasteiger partial charge in [0.2, 0.25) is 11.8 Å². The fourth-order valence-electron chi connectivity index (χ4n) is 4.15. The number of benzene rings is 1. The highest BCUT2D eigenvalue weighted by atomic mass is 16.2. The van der Waals surface area contributed by atoms with E-state index in [1.807, 2.05) is 24.3 Å². The molecule has 3 heterocycles. The number of likely N-dealkylation sites (N-methyl/N-ethyl adjacent to an activating group) is 1. The van der Waals surface area contributed by atoms with Crippen LogP contribution in [-0.4, -0.2) is 59.1 Å². The van der Waals surface area contributed by atoms with Gasteiger partial charge in [0.1, 0.15) is 0 Å². The number of nitrogens with zero attached hydrogens (tertiary/aromatic N) is 3. The van der Waals surface area contributed by atoms with Gasteiger partial charge in [0, 0.05) is 30.9 Å². The summed E-state index contributed by atoms with van der Waals surface area (Å²) in [5.41, 5.74) is 0.893. The maximum atomic E-state index is 12.6. The summed E-state index contributed by atoms with van der Waals surface area (Å²) >= 11 is 0. The molecule has 0 bridgehead atoms. The molecular formula is C19H25N5O2. The number of para-hydroxylation sites is 1. The first-order valence-corrected chi connectivity index (χ1v) is 9.42. The topological polar surface area (TPSA) is 81.3 Å². The summed E-state index contributed by atoms with van der Waals surface area (Å²) in [5.74, 6) is 0.241. The standard InChI is InChI=1S/C19H25N5O2/c1-2-23-9-5-6-14(23)11-20-19(26)13-10-17(25)24(12-13)18-15-7-3-4-8-16(15)21-22-18/h3-4,7-8,13-14H,2,5-6,9-12H2,1H3,(H,20,26)(H,21,22)/t13-,14+/m1/s1. The van der Waals surface area contributed by atoms with Crippen molar-refractivity contribution in [3.05, 3.63) is 24.3 Å². The number of hydrogen-bond acceptors (Lipinski definition) is 4. The van der Waals surface area contributed by atoms with Crippen LogP contribution in [0.1, 0.15) is 26.2 Å². The smallest absolute Gasteiger partial charge is 0.229 e. The van der Waals surface area contributed by atoms with Crippen LogP contribution in [-0.2, 0) is 9.59 Å². The van der Waals surface area contributed by atoms with E-state index in [1.165, 1.54) is 6.42 Å². The van der Waals surface area contributed by atoms with Gasteiger partial charge in [-0.15, -0.1) is 0 Å². The lowest BCUT2D eigenvalue weighted by atomic mass is 10.1. The summed E-state index contributed by atoms with van der Waals surface area (Å²) in [4.78, 5) is 29.1. The number of amides is 2. The highest BCUT2D eigenvalue weighted by molar-refractivity contribution is 6.05. The minimum absolute atomic E-state index is 0.0244. The third kappa shape index (κ3) is 3.07. The molecule has 2 N–H and O–H groups in total. The number of carbonyl (C=O) groups is 2. The van der Waals surface area contributed by atoms with Gasteiger partial charge in [-0.05, 0) is 38.1 Å². The number of aromatic nitrogens is 2. The Morgan fingerprint density at radius 3 is 3.08 bits per heavy atom. The fourth-order valence-corrected chi connectivity index (χ4v) is 4.15. The summed E-state index contributed by atoms with van der Waals surface area (Å²) in [7, 11) is 0. The number of likely N-dealkylation sites (tertiary alicyclic amines) is 1. The molecule has 2 fully saturated rings. The van der Waals surface area contributed by atoms with Gasteiger partial charge in [-0.3, -0.25) is 24.5 Å². The average molecular weight is 355 g/mol. The quantitative estimate of drug-likeness (QED) is 0.852. The molecule has 1 aromatic carbocycles. The Labute approximate surface area is 152 Å². The van der Waals surface area contributed by atoms with Crippen molar-refractivity contribution in [1.82, 2.24) is 20.4 Å². The Morgan fingerprint density at radius 2 is 2.23 bits per heavy atom. The number of anilines is 1. The van der Waals surface area contributed by atoms with Crippen molar-refractivity contribution in [1.29, 1.82) is 0 Å². The van der Waals surface area contributed by atoms with Crippen LogP contribution < -0.4 is 10.2 Å². The van der Waals surface area contributed by atoms with E-state index in [4.69, 9.17) is 0 Å². The molecule has 26 heavy (non-hydrogen) atoms. The SMILES string of the molecule is CCN1CCC[C@H]1CNC(=O)[C@@H]1CC(=O)N(c2n[nH]c3ccccc23)C1. The maximum absolute atomic E-state index is 12.6. The molecule has 2 atom stereocenters. The molecule has 0 unspecified atom stereocenters. The van der Waals surface area contributed by atoms with Crippen molar-refractivity contribution < 1.29 is 9.59 Å². The third-order valence-corrected chi connectivity index (χ3v) is 5.62. The van der Waals surface area contributed by atoms with Crippen LogP contribution >= 0.6 is 0 Å². The molecule has 2 saturated heterocycles. The predicted octanol–water partition coefficient (Wildman–Crippen LogP) is 1.52. The van der Waals surface area contributed by atoms with Crippen LogP contribution in [0.15, 0.2) is 24.3 Å². The van der Waals surface area contributed by atoms with Crippen LogP contribution in [0, 0.1) is 5.92 Å². The van der Waals surface area contributed by atoms with E-state index in [-0.39, 0.29) is 24.2 Å². The second-order valence-corrected chi connectivity index (χ2v) is 7.17. The monoisotopic (exact) mass is 355 g/mol. The number of hydrogen-bond donors (Lipinski definition) is 2. The molecule has 0 aliphatic carbocycles. The van der Waals surface area contributed by atoms with Gasteiger partial charge in [-0.2, -0.15) is 5.10 Å². The van der Waals surface area contributed by atoms with Crippen molar-refractivity contribution >= 4 is 28.5 Å². The molecule has 2 aliphatic heterocycles. The third-order valence-electron chi connectivity index (χ3n) is 5.62. The molecular weight excluding hydrogens is 330 g/mol. The zero-order chi connectivity index (χ0) is 18.1. The van der Waals surface area contributed by atoms with Gasteiger partial charge in [-0.1, -0.05) is 19.1 Å². The number of aromatic amines is 1. The largest absolute Gasteiger partial charge is 0.354 e. The molecule has 0 radical (unpaired) electrons. The summed E-state index contributed by atoms with van der Waals surface area (Å²) in [6.07, 6.45) is 2.56. The number of rotatable bonds is 5. The van der Waals surface area contributed by atoms with Crippen molar-refractivity contribution in [3.8, 4) is 0 Å². The van der Waals surface area contributed by atoms with E-state index in [0.29, 0.717) is 24.9 Å². The molecule has 0 saturated carbocycles. The Balaban J connectivity index is 1.40. The number of H-pyrrole nitrogens is 1. The number of carbonyl (C=O) groups excluding carboxylic acids is 2. The first-order chi connectivity index (χ1) is 12.7. The van der Waals surface area contributed by atoms with E-state index < -0.39 is 0 Å². The second-order valence-electron chi connectivity index (χ2n) is 7.17. The van der Waals surface area contributed by atoms with E-state index >= 15 is 0 Å². The van der Waals surface area contributed by atoms with E-state index in [2.05, 4.69) is 27.3 Å². The summed E-state index contributed by atoms with van der Waals surface area (Å²) in [5, 5.41) is 11.2. The molecule has 1 aromatic heterocycles. The summed E-state index contributed by atoms with van der Waals surface area (Å²) in [6.45, 7) is 5.34. The summed E-state index contributed by atoms with van der Waals surface area (Å²) < 4.78 is 0. The Kier molecular flexibility index (Phi) is 4.63. The predicted molar refractivity (Wildman–Crippen MR) is 99.8 cm³/mol. The maximum Gasteiger partial charge on any atom is 0.229 e. The van der Waals surface area contributed by atoms with Crippen LogP contribution in [0.2, 0.25) is 0 Å². The van der Waals surface area contributed by atoms with Crippen molar-refractivity contribution in [2.24, 2.45) is 5.92 Å². The van der Waals surface area contributed by atoms with Crippen LogP contribution in [0.5, 0.6) is 0 Å². The second kappa shape index (κ2) is 7.07.